The Morgan fingerprint density at radius 1 is 1.12 bits per heavy atom. The van der Waals surface area contributed by atoms with Crippen LogP contribution < -0.4 is 4.90 Å². The van der Waals surface area contributed by atoms with Crippen LogP contribution in [-0.4, -0.2) is 44.1 Å². The van der Waals surface area contributed by atoms with Crippen LogP contribution in [0, 0.1) is 0 Å². The third kappa shape index (κ3) is 4.19. The van der Waals surface area contributed by atoms with E-state index in [0.717, 1.165) is 25.3 Å². The zero-order chi connectivity index (χ0) is 12.0. The summed E-state index contributed by atoms with van der Waals surface area (Å²) in [6, 6.07) is 4.26. The van der Waals surface area contributed by atoms with Crippen LogP contribution in [0.5, 0.6) is 0 Å². The van der Waals surface area contributed by atoms with Crippen LogP contribution in [0.1, 0.15) is 18.9 Å². The molecule has 0 fully saturated rings. The van der Waals surface area contributed by atoms with Crippen LogP contribution in [0.15, 0.2) is 18.3 Å². The second-order valence-electron chi connectivity index (χ2n) is 4.46. The molecule has 0 radical (unpaired) electrons. The third-order valence-corrected chi connectivity index (χ3v) is 2.71. The van der Waals surface area contributed by atoms with Crippen molar-refractivity contribution in [3.63, 3.8) is 0 Å². The summed E-state index contributed by atoms with van der Waals surface area (Å²) < 4.78 is 0. The second-order valence-corrected chi connectivity index (χ2v) is 4.46. The quantitative estimate of drug-likeness (QED) is 0.733. The first-order valence-corrected chi connectivity index (χ1v) is 5.94. The highest BCUT2D eigenvalue weighted by Gasteiger charge is 2.02. The maximum atomic E-state index is 4.46. The van der Waals surface area contributed by atoms with E-state index in [1.54, 1.807) is 0 Å². The van der Waals surface area contributed by atoms with Gasteiger partial charge in [-0.1, -0.05) is 13.0 Å². The first-order valence-electron chi connectivity index (χ1n) is 5.94. The smallest absolute Gasteiger partial charge is 0.128 e. The maximum Gasteiger partial charge on any atom is 0.128 e. The van der Waals surface area contributed by atoms with E-state index < -0.39 is 0 Å². The molecule has 0 atom stereocenters. The highest BCUT2D eigenvalue weighted by atomic mass is 15.2. The van der Waals surface area contributed by atoms with Crippen LogP contribution in [0.2, 0.25) is 0 Å². The Bertz CT molecular complexity index is 293. The molecule has 0 spiro atoms. The molecule has 0 N–H and O–H groups in total. The molecule has 0 unspecified atom stereocenters. The lowest BCUT2D eigenvalue weighted by atomic mass is 10.2. The van der Waals surface area contributed by atoms with Gasteiger partial charge in [0.05, 0.1) is 0 Å². The van der Waals surface area contributed by atoms with Crippen LogP contribution >= 0.6 is 0 Å². The third-order valence-electron chi connectivity index (χ3n) is 2.71. The SMILES string of the molecule is CCc1ccc(N(C)CCCN(C)C)nc1. The fourth-order valence-electron chi connectivity index (χ4n) is 1.59. The minimum atomic E-state index is 1.05. The largest absolute Gasteiger partial charge is 0.360 e. The molecule has 0 bridgehead atoms. The second kappa shape index (κ2) is 6.48. The molecule has 0 aliphatic carbocycles. The molecule has 3 heteroatoms. The summed E-state index contributed by atoms with van der Waals surface area (Å²) in [4.78, 5) is 8.88. The minimum Gasteiger partial charge on any atom is -0.360 e. The Kier molecular flexibility index (Phi) is 5.26. The molecule has 0 saturated carbocycles. The predicted octanol–water partition coefficient (Wildman–Crippen LogP) is 2.03. The Balaban J connectivity index is 2.43. The lowest BCUT2D eigenvalue weighted by molar-refractivity contribution is 0.401. The fourth-order valence-corrected chi connectivity index (χ4v) is 1.59. The molecule has 16 heavy (non-hydrogen) atoms. The summed E-state index contributed by atoms with van der Waals surface area (Å²) in [6.07, 6.45) is 4.19. The van der Waals surface area contributed by atoms with Gasteiger partial charge in [0, 0.05) is 19.8 Å². The summed E-state index contributed by atoms with van der Waals surface area (Å²) >= 11 is 0. The molecule has 1 aromatic heterocycles. The predicted molar refractivity (Wildman–Crippen MR) is 70.1 cm³/mol. The van der Waals surface area contributed by atoms with Crippen molar-refractivity contribution in [1.82, 2.24) is 9.88 Å². The highest BCUT2D eigenvalue weighted by Crippen LogP contribution is 2.10. The number of aryl methyl sites for hydroxylation is 1. The monoisotopic (exact) mass is 221 g/mol. The number of hydrogen-bond acceptors (Lipinski definition) is 3. The minimum absolute atomic E-state index is 1.05. The normalized spacial score (nSPS) is 10.8. The summed E-state index contributed by atoms with van der Waals surface area (Å²) in [5, 5.41) is 0. The summed E-state index contributed by atoms with van der Waals surface area (Å²) in [5.41, 5.74) is 1.30. The van der Waals surface area contributed by atoms with Crippen molar-refractivity contribution >= 4 is 5.82 Å². The lowest BCUT2D eigenvalue weighted by Gasteiger charge is -2.19. The first-order chi connectivity index (χ1) is 7.63. The van der Waals surface area contributed by atoms with Gasteiger partial charge in [-0.3, -0.25) is 0 Å². The van der Waals surface area contributed by atoms with Gasteiger partial charge in [-0.2, -0.15) is 0 Å². The van der Waals surface area contributed by atoms with Crippen LogP contribution in [-0.2, 0) is 6.42 Å². The molecule has 0 amide bonds. The lowest BCUT2D eigenvalue weighted by Crippen LogP contribution is -2.23. The zero-order valence-electron chi connectivity index (χ0n) is 10.9. The van der Waals surface area contributed by atoms with E-state index in [1.165, 1.54) is 12.0 Å². The van der Waals surface area contributed by atoms with E-state index in [-0.39, 0.29) is 0 Å². The number of anilines is 1. The Hall–Kier alpha value is -1.09. The molecule has 0 aliphatic heterocycles. The van der Waals surface area contributed by atoms with Crippen molar-refractivity contribution in [3.05, 3.63) is 23.9 Å². The average molecular weight is 221 g/mol. The van der Waals surface area contributed by atoms with Crippen molar-refractivity contribution in [1.29, 1.82) is 0 Å². The van der Waals surface area contributed by atoms with Gasteiger partial charge in [-0.25, -0.2) is 4.98 Å². The van der Waals surface area contributed by atoms with E-state index >= 15 is 0 Å². The van der Waals surface area contributed by atoms with Gasteiger partial charge in [0.2, 0.25) is 0 Å². The highest BCUT2D eigenvalue weighted by molar-refractivity contribution is 5.38. The van der Waals surface area contributed by atoms with Crippen molar-refractivity contribution < 1.29 is 0 Å². The molecule has 0 aromatic carbocycles. The molecular formula is C13H23N3. The standard InChI is InChI=1S/C13H23N3/c1-5-12-7-8-13(14-11-12)16(4)10-6-9-15(2)3/h7-8,11H,5-6,9-10H2,1-4H3. The first kappa shape index (κ1) is 13.0. The summed E-state index contributed by atoms with van der Waals surface area (Å²) in [5.74, 6) is 1.07. The van der Waals surface area contributed by atoms with Gasteiger partial charge in [0.25, 0.3) is 0 Å². The number of hydrogen-bond donors (Lipinski definition) is 0. The number of aromatic nitrogens is 1. The molecule has 3 nitrogen and oxygen atoms in total. The number of pyridine rings is 1. The molecule has 1 aromatic rings. The van der Waals surface area contributed by atoms with Crippen LogP contribution in [0.4, 0.5) is 5.82 Å². The van der Waals surface area contributed by atoms with Gasteiger partial charge in [-0.05, 0) is 45.1 Å². The van der Waals surface area contributed by atoms with Gasteiger partial charge in [0.15, 0.2) is 0 Å². The van der Waals surface area contributed by atoms with Gasteiger partial charge in [-0.15, -0.1) is 0 Å². The van der Waals surface area contributed by atoms with Crippen LogP contribution in [0.25, 0.3) is 0 Å². The van der Waals surface area contributed by atoms with Crippen molar-refractivity contribution in [2.24, 2.45) is 0 Å². The molecule has 90 valence electrons. The average Bonchev–Trinajstić information content (AvgIpc) is 2.28. The van der Waals surface area contributed by atoms with Gasteiger partial charge in [0.1, 0.15) is 5.82 Å². The van der Waals surface area contributed by atoms with E-state index in [4.69, 9.17) is 0 Å². The summed E-state index contributed by atoms with van der Waals surface area (Å²) in [6.45, 7) is 4.32. The van der Waals surface area contributed by atoms with Crippen molar-refractivity contribution in [2.45, 2.75) is 19.8 Å². The Morgan fingerprint density at radius 2 is 1.88 bits per heavy atom. The summed E-state index contributed by atoms with van der Waals surface area (Å²) in [7, 11) is 6.31. The van der Waals surface area contributed by atoms with E-state index in [0.29, 0.717) is 0 Å². The molecule has 1 rings (SSSR count). The van der Waals surface area contributed by atoms with Gasteiger partial charge >= 0.3 is 0 Å². The molecule has 0 saturated heterocycles. The Labute approximate surface area is 99.1 Å². The molecule has 1 heterocycles. The van der Waals surface area contributed by atoms with Gasteiger partial charge < -0.3 is 9.80 Å². The van der Waals surface area contributed by atoms with Crippen molar-refractivity contribution in [2.75, 3.05) is 39.1 Å². The fraction of sp³-hybridized carbons (Fsp3) is 0.615. The zero-order valence-corrected chi connectivity index (χ0v) is 10.9. The topological polar surface area (TPSA) is 19.4 Å². The maximum absolute atomic E-state index is 4.46. The van der Waals surface area contributed by atoms with E-state index in [1.807, 2.05) is 6.20 Å². The number of rotatable bonds is 6. The van der Waals surface area contributed by atoms with E-state index in [9.17, 15) is 0 Å². The van der Waals surface area contributed by atoms with Crippen molar-refractivity contribution in [3.8, 4) is 0 Å². The van der Waals surface area contributed by atoms with E-state index in [2.05, 4.69) is 55.0 Å². The Morgan fingerprint density at radius 3 is 2.38 bits per heavy atom. The van der Waals surface area contributed by atoms with Crippen LogP contribution in [0.3, 0.4) is 0 Å². The molecular weight excluding hydrogens is 198 g/mol. The molecule has 0 aliphatic rings. The number of nitrogens with zero attached hydrogens (tertiary/aromatic N) is 3.